The number of benzene rings is 2. The number of fused-ring (bicyclic) bond motifs is 1. The van der Waals surface area contributed by atoms with Gasteiger partial charge in [-0.3, -0.25) is 14.4 Å². The van der Waals surface area contributed by atoms with Gasteiger partial charge in [0.1, 0.15) is 25.0 Å². The summed E-state index contributed by atoms with van der Waals surface area (Å²) in [6.07, 6.45) is 1.07. The average molecular weight is 465 g/mol. The molecule has 3 aliphatic heterocycles. The summed E-state index contributed by atoms with van der Waals surface area (Å²) in [7, 11) is 0. The number of hydrogen-bond donors (Lipinski definition) is 1. The summed E-state index contributed by atoms with van der Waals surface area (Å²) in [6, 6.07) is 7.35. The van der Waals surface area contributed by atoms with E-state index in [9.17, 15) is 14.4 Å². The van der Waals surface area contributed by atoms with E-state index in [2.05, 4.69) is 11.9 Å². The van der Waals surface area contributed by atoms with Gasteiger partial charge in [0, 0.05) is 29.9 Å². The van der Waals surface area contributed by atoms with Gasteiger partial charge in [0.2, 0.25) is 11.8 Å². The molecule has 0 spiro atoms. The van der Waals surface area contributed by atoms with Crippen LogP contribution in [0.15, 0.2) is 54.7 Å². The summed E-state index contributed by atoms with van der Waals surface area (Å²) in [4.78, 5) is 40.7. The van der Waals surface area contributed by atoms with Gasteiger partial charge in [-0.2, -0.15) is 0 Å². The number of morpholine rings is 1. The molecule has 5 rings (SSSR count). The van der Waals surface area contributed by atoms with Gasteiger partial charge in [0.25, 0.3) is 5.91 Å². The maximum atomic E-state index is 13.1. The fraction of sp³-hybridized carbons (Fsp3) is 0.346. The summed E-state index contributed by atoms with van der Waals surface area (Å²) in [6.45, 7) is 3.73. The lowest BCUT2D eigenvalue weighted by Crippen LogP contribution is -2.49. The SMILES string of the molecule is [2H]c1cc(CN2CCOCC2=O)cc([2H])c1C([2H])Oc1cccc2c1CN(C1CCC(=C)NC1=O)C2=O. The van der Waals surface area contributed by atoms with E-state index < -0.39 is 12.6 Å². The van der Waals surface area contributed by atoms with Crippen LogP contribution in [0.2, 0.25) is 0 Å². The number of hydrogen-bond acceptors (Lipinski definition) is 5. The number of ether oxygens (including phenoxy) is 2. The van der Waals surface area contributed by atoms with Gasteiger partial charge >= 0.3 is 0 Å². The first-order valence-electron chi connectivity index (χ1n) is 12.8. The van der Waals surface area contributed by atoms with Crippen molar-refractivity contribution in [1.29, 1.82) is 0 Å². The first-order valence-corrected chi connectivity index (χ1v) is 11.2. The lowest BCUT2D eigenvalue weighted by atomic mass is 10.0. The molecule has 2 unspecified atom stereocenters. The topological polar surface area (TPSA) is 88.2 Å². The highest BCUT2D eigenvalue weighted by Crippen LogP contribution is 2.34. The van der Waals surface area contributed by atoms with E-state index in [4.69, 9.17) is 13.6 Å². The van der Waals surface area contributed by atoms with Crippen LogP contribution < -0.4 is 10.1 Å². The van der Waals surface area contributed by atoms with Crippen LogP contribution in [-0.4, -0.2) is 53.3 Å². The van der Waals surface area contributed by atoms with Crippen LogP contribution in [0, 0.1) is 0 Å². The predicted octanol–water partition coefficient (Wildman–Crippen LogP) is 2.37. The van der Waals surface area contributed by atoms with Crippen molar-refractivity contribution in [3.05, 3.63) is 76.9 Å². The minimum absolute atomic E-state index is 0.0181. The van der Waals surface area contributed by atoms with Crippen LogP contribution >= 0.6 is 0 Å². The molecule has 0 radical (unpaired) electrons. The molecule has 1 N–H and O–H groups in total. The smallest absolute Gasteiger partial charge is 0.255 e. The van der Waals surface area contributed by atoms with E-state index in [-0.39, 0.29) is 55.1 Å². The highest BCUT2D eigenvalue weighted by Gasteiger charge is 2.39. The Morgan fingerprint density at radius 2 is 2.03 bits per heavy atom. The van der Waals surface area contributed by atoms with Crippen LogP contribution in [0.1, 0.15) is 44.0 Å². The number of amides is 3. The molecule has 176 valence electrons. The molecule has 2 fully saturated rings. The van der Waals surface area contributed by atoms with Crippen molar-refractivity contribution in [1.82, 2.24) is 15.1 Å². The molecule has 2 atom stereocenters. The highest BCUT2D eigenvalue weighted by atomic mass is 16.5. The summed E-state index contributed by atoms with van der Waals surface area (Å²) in [5.74, 6) is -0.392. The first kappa shape index (κ1) is 18.7. The van der Waals surface area contributed by atoms with E-state index in [0.717, 1.165) is 0 Å². The van der Waals surface area contributed by atoms with Crippen LogP contribution in [0.25, 0.3) is 0 Å². The second kappa shape index (κ2) is 9.30. The maximum absolute atomic E-state index is 13.1. The van der Waals surface area contributed by atoms with Crippen LogP contribution in [0.4, 0.5) is 0 Å². The molecular weight excluding hydrogens is 434 g/mol. The molecule has 8 heteroatoms. The zero-order chi connectivity index (χ0) is 26.3. The molecule has 3 aliphatic rings. The summed E-state index contributed by atoms with van der Waals surface area (Å²) in [5, 5.41) is 2.71. The number of piperidine rings is 1. The van der Waals surface area contributed by atoms with Gasteiger partial charge in [0.05, 0.1) is 17.3 Å². The molecule has 2 aromatic carbocycles. The van der Waals surface area contributed by atoms with E-state index >= 15 is 0 Å². The number of carbonyl (C=O) groups excluding carboxylic acids is 3. The van der Waals surface area contributed by atoms with E-state index in [1.807, 2.05) is 0 Å². The third-order valence-corrected chi connectivity index (χ3v) is 6.24. The van der Waals surface area contributed by atoms with Crippen LogP contribution in [0.5, 0.6) is 5.75 Å². The third kappa shape index (κ3) is 4.41. The lowest BCUT2D eigenvalue weighted by molar-refractivity contribution is -0.143. The Morgan fingerprint density at radius 1 is 1.21 bits per heavy atom. The van der Waals surface area contributed by atoms with Crippen molar-refractivity contribution in [3.63, 3.8) is 0 Å². The minimum atomic E-state index is -1.38. The van der Waals surface area contributed by atoms with Crippen molar-refractivity contribution >= 4 is 17.7 Å². The molecule has 0 aliphatic carbocycles. The van der Waals surface area contributed by atoms with E-state index in [1.54, 1.807) is 23.1 Å². The number of carbonyl (C=O) groups is 3. The van der Waals surface area contributed by atoms with Crippen molar-refractivity contribution in [2.45, 2.75) is 38.6 Å². The molecular formula is C26H27N3O5. The Bertz CT molecular complexity index is 1280. The summed E-state index contributed by atoms with van der Waals surface area (Å²) in [5.41, 5.74) is 2.32. The Balaban J connectivity index is 1.34. The van der Waals surface area contributed by atoms with Gasteiger partial charge in [-0.05, 0) is 36.1 Å². The molecule has 2 aromatic rings. The molecule has 34 heavy (non-hydrogen) atoms. The average Bonchev–Trinajstić information content (AvgIpc) is 3.17. The zero-order valence-electron chi connectivity index (χ0n) is 21.6. The molecule has 0 bridgehead atoms. The molecule has 3 heterocycles. The number of rotatable bonds is 6. The zero-order valence-corrected chi connectivity index (χ0v) is 18.6. The van der Waals surface area contributed by atoms with Crippen molar-refractivity contribution < 1.29 is 28.0 Å². The van der Waals surface area contributed by atoms with Crippen molar-refractivity contribution in [3.8, 4) is 5.75 Å². The Hall–Kier alpha value is -3.65. The fourth-order valence-corrected chi connectivity index (χ4v) is 4.39. The Morgan fingerprint density at radius 3 is 2.79 bits per heavy atom. The van der Waals surface area contributed by atoms with Gasteiger partial charge in [-0.25, -0.2) is 0 Å². The molecule has 2 saturated heterocycles. The first-order chi connectivity index (χ1) is 17.7. The van der Waals surface area contributed by atoms with Gasteiger partial charge in [-0.15, -0.1) is 0 Å². The van der Waals surface area contributed by atoms with Gasteiger partial charge < -0.3 is 24.6 Å². The van der Waals surface area contributed by atoms with Crippen LogP contribution in [0.3, 0.4) is 0 Å². The number of allylic oxidation sites excluding steroid dienone is 1. The monoisotopic (exact) mass is 464 g/mol. The quantitative estimate of drug-likeness (QED) is 0.709. The third-order valence-electron chi connectivity index (χ3n) is 6.24. The largest absolute Gasteiger partial charge is 0.489 e. The maximum Gasteiger partial charge on any atom is 0.255 e. The Labute approximate surface area is 202 Å². The molecule has 0 aromatic heterocycles. The van der Waals surface area contributed by atoms with Crippen molar-refractivity contribution in [2.75, 3.05) is 19.8 Å². The van der Waals surface area contributed by atoms with Crippen molar-refractivity contribution in [2.24, 2.45) is 0 Å². The fourth-order valence-electron chi connectivity index (χ4n) is 4.39. The normalized spacial score (nSPS) is 22.6. The highest BCUT2D eigenvalue weighted by molar-refractivity contribution is 6.02. The Kier molecular flexibility index (Phi) is 5.13. The van der Waals surface area contributed by atoms with Gasteiger partial charge in [0.15, 0.2) is 0 Å². The van der Waals surface area contributed by atoms with Crippen LogP contribution in [-0.2, 0) is 34.0 Å². The molecule has 8 nitrogen and oxygen atoms in total. The predicted molar refractivity (Wildman–Crippen MR) is 124 cm³/mol. The van der Waals surface area contributed by atoms with E-state index in [0.29, 0.717) is 54.1 Å². The molecule has 0 saturated carbocycles. The molecule has 3 amide bonds. The number of nitrogens with zero attached hydrogens (tertiary/aromatic N) is 2. The lowest BCUT2D eigenvalue weighted by Gasteiger charge is -2.31. The summed E-state index contributed by atoms with van der Waals surface area (Å²) >= 11 is 0. The van der Waals surface area contributed by atoms with E-state index in [1.165, 1.54) is 17.0 Å². The second-order valence-electron chi connectivity index (χ2n) is 8.53. The summed E-state index contributed by atoms with van der Waals surface area (Å²) < 4.78 is 36.5. The standard InChI is InChI=1S/C26H27N3O5/c1-17-5-10-22(25(31)27-17)29-14-21-20(26(29)32)3-2-4-23(21)34-15-19-8-6-18(7-9-19)13-28-11-12-33-16-24(28)30/h2-4,6-9,22H,1,5,10-16H2,(H,27,31)/i8D,9D,15D. The minimum Gasteiger partial charge on any atom is -0.489 e. The second-order valence-corrected chi connectivity index (χ2v) is 8.53. The number of nitrogens with one attached hydrogen (secondary N) is 1. The van der Waals surface area contributed by atoms with Gasteiger partial charge in [-0.1, -0.05) is 36.9 Å².